The van der Waals surface area contributed by atoms with Gasteiger partial charge in [0.25, 0.3) is 0 Å². The van der Waals surface area contributed by atoms with Crippen molar-refractivity contribution in [3.63, 3.8) is 0 Å². The van der Waals surface area contributed by atoms with Crippen molar-refractivity contribution >= 4 is 11.9 Å². The van der Waals surface area contributed by atoms with E-state index in [1.54, 1.807) is 42.5 Å². The zero-order valence-corrected chi connectivity index (χ0v) is 25.0. The van der Waals surface area contributed by atoms with Crippen LogP contribution in [0.25, 0.3) is 11.1 Å². The van der Waals surface area contributed by atoms with Gasteiger partial charge in [0.05, 0.1) is 41.1 Å². The second kappa shape index (κ2) is 12.5. The molecule has 1 N–H and O–H groups in total. The monoisotopic (exact) mass is 580 g/mol. The molecule has 42 heavy (non-hydrogen) atoms. The second-order valence-electron chi connectivity index (χ2n) is 9.97. The lowest BCUT2D eigenvalue weighted by molar-refractivity contribution is -0.151. The molecule has 4 rings (SSSR count). The highest BCUT2D eigenvalue weighted by Gasteiger charge is 2.43. The van der Waals surface area contributed by atoms with E-state index in [9.17, 15) is 14.7 Å². The number of hydrogen-bond donors (Lipinski definition) is 1. The van der Waals surface area contributed by atoms with Crippen molar-refractivity contribution in [3.8, 4) is 45.6 Å². The number of ether oxygens (including phenoxy) is 7. The molecule has 0 radical (unpaired) electrons. The summed E-state index contributed by atoms with van der Waals surface area (Å²) >= 11 is 0. The van der Waals surface area contributed by atoms with Crippen LogP contribution in [0.4, 0.5) is 0 Å². The van der Waals surface area contributed by atoms with E-state index in [2.05, 4.69) is 0 Å². The van der Waals surface area contributed by atoms with Gasteiger partial charge in [0.2, 0.25) is 11.5 Å². The van der Waals surface area contributed by atoms with Crippen molar-refractivity contribution < 1.29 is 47.9 Å². The molecule has 0 unspecified atom stereocenters. The Morgan fingerprint density at radius 1 is 0.667 bits per heavy atom. The fraction of sp³-hybridized carbons (Fsp3) is 0.375. The number of fused-ring (bicyclic) bond motifs is 3. The maximum atomic E-state index is 13.5. The molecular formula is C32H36O10. The summed E-state index contributed by atoms with van der Waals surface area (Å²) in [4.78, 5) is 25.9. The Balaban J connectivity index is 2.17. The molecule has 10 heteroatoms. The smallest absolute Gasteiger partial charge is 0.338 e. The van der Waals surface area contributed by atoms with E-state index in [-0.39, 0.29) is 34.3 Å². The Bertz CT molecular complexity index is 1470. The Hall–Kier alpha value is -4.60. The normalized spacial score (nSPS) is 19.2. The van der Waals surface area contributed by atoms with Crippen molar-refractivity contribution in [2.75, 3.05) is 35.5 Å². The van der Waals surface area contributed by atoms with E-state index in [1.807, 2.05) is 13.8 Å². The Morgan fingerprint density at radius 3 is 1.67 bits per heavy atom. The molecule has 0 amide bonds. The van der Waals surface area contributed by atoms with E-state index in [0.717, 1.165) is 0 Å². The first-order valence-electron chi connectivity index (χ1n) is 13.4. The van der Waals surface area contributed by atoms with Gasteiger partial charge in [-0.2, -0.15) is 0 Å². The summed E-state index contributed by atoms with van der Waals surface area (Å²) in [6.45, 7) is 5.12. The predicted molar refractivity (Wildman–Crippen MR) is 154 cm³/mol. The van der Waals surface area contributed by atoms with Crippen LogP contribution in [0, 0.1) is 11.8 Å². The standard InChI is InChI=1S/C32H36O10/c1-16-17(2)28(42-32(35)19-12-10-9-11-13-19)20-14-22(36-4)29(38-6)26(34)24(20)25-21(27(16)41-18(3)33)15-23(37-5)30(39-7)31(25)40-8/h9-17,27-28,34H,1-8H3/t16-,17-,27-,28-/m1/s1. The third kappa shape index (κ3) is 5.24. The summed E-state index contributed by atoms with van der Waals surface area (Å²) in [5.74, 6) is -1.15. The number of rotatable bonds is 8. The lowest BCUT2D eigenvalue weighted by Crippen LogP contribution is -2.31. The number of methoxy groups -OCH3 is 5. The first-order chi connectivity index (χ1) is 20.1. The van der Waals surface area contributed by atoms with Crippen molar-refractivity contribution in [2.24, 2.45) is 11.8 Å². The molecule has 0 bridgehead atoms. The topological polar surface area (TPSA) is 119 Å². The van der Waals surface area contributed by atoms with Gasteiger partial charge in [-0.15, -0.1) is 0 Å². The van der Waals surface area contributed by atoms with Gasteiger partial charge in [0.15, 0.2) is 23.0 Å². The van der Waals surface area contributed by atoms with Gasteiger partial charge < -0.3 is 38.3 Å². The molecule has 0 saturated carbocycles. The maximum absolute atomic E-state index is 13.5. The van der Waals surface area contributed by atoms with Crippen LogP contribution in [0.5, 0.6) is 34.5 Å². The number of phenolic OH excluding ortho intramolecular Hbond substituents is 1. The summed E-state index contributed by atoms with van der Waals surface area (Å²) in [5.41, 5.74) is 1.88. The molecule has 0 spiro atoms. The van der Waals surface area contributed by atoms with Crippen LogP contribution >= 0.6 is 0 Å². The van der Waals surface area contributed by atoms with E-state index < -0.39 is 36.0 Å². The Labute approximate surface area is 245 Å². The molecule has 1 aliphatic carbocycles. The van der Waals surface area contributed by atoms with E-state index in [0.29, 0.717) is 28.0 Å². The zero-order valence-electron chi connectivity index (χ0n) is 25.0. The van der Waals surface area contributed by atoms with Crippen LogP contribution in [0.15, 0.2) is 42.5 Å². The molecule has 3 aromatic carbocycles. The van der Waals surface area contributed by atoms with Gasteiger partial charge >= 0.3 is 11.9 Å². The third-order valence-corrected chi connectivity index (χ3v) is 7.72. The van der Waals surface area contributed by atoms with Crippen LogP contribution < -0.4 is 23.7 Å². The molecule has 0 aromatic heterocycles. The molecule has 224 valence electrons. The second-order valence-corrected chi connectivity index (χ2v) is 9.97. The number of hydrogen-bond acceptors (Lipinski definition) is 10. The van der Waals surface area contributed by atoms with Crippen LogP contribution in [0.1, 0.15) is 54.5 Å². The van der Waals surface area contributed by atoms with Gasteiger partial charge in [-0.1, -0.05) is 32.0 Å². The highest BCUT2D eigenvalue weighted by Crippen LogP contribution is 2.59. The summed E-state index contributed by atoms with van der Waals surface area (Å²) in [5, 5.41) is 11.8. The number of aromatic hydroxyl groups is 1. The van der Waals surface area contributed by atoms with Crippen LogP contribution in [0.2, 0.25) is 0 Å². The summed E-state index contributed by atoms with van der Waals surface area (Å²) in [7, 11) is 7.25. The molecular weight excluding hydrogens is 544 g/mol. The Kier molecular flexibility index (Phi) is 9.04. The van der Waals surface area contributed by atoms with Gasteiger partial charge in [0.1, 0.15) is 12.2 Å². The molecule has 0 heterocycles. The number of esters is 2. The molecule has 0 saturated heterocycles. The zero-order chi connectivity index (χ0) is 30.7. The van der Waals surface area contributed by atoms with Crippen molar-refractivity contribution in [2.45, 2.75) is 33.0 Å². The van der Waals surface area contributed by atoms with Crippen LogP contribution in [-0.2, 0) is 14.3 Å². The lowest BCUT2D eigenvalue weighted by atomic mass is 9.74. The quantitative estimate of drug-likeness (QED) is 0.323. The SMILES string of the molecule is COc1cc2c(c(O)c1OC)-c1c(cc(OC)c(OC)c1OC)[C@H](OC(C)=O)[C@H](C)[C@@H](C)[C@H]2OC(=O)c1ccccc1. The highest BCUT2D eigenvalue weighted by molar-refractivity contribution is 5.91. The van der Waals surface area contributed by atoms with Gasteiger partial charge in [-0.05, 0) is 24.3 Å². The fourth-order valence-corrected chi connectivity index (χ4v) is 5.54. The molecule has 10 nitrogen and oxygen atoms in total. The number of benzene rings is 3. The van der Waals surface area contributed by atoms with Crippen molar-refractivity contribution in [1.29, 1.82) is 0 Å². The lowest BCUT2D eigenvalue weighted by Gasteiger charge is -2.38. The minimum atomic E-state index is -0.933. The van der Waals surface area contributed by atoms with Gasteiger partial charge in [0, 0.05) is 41.0 Å². The highest BCUT2D eigenvalue weighted by atomic mass is 16.6. The fourth-order valence-electron chi connectivity index (χ4n) is 5.54. The first kappa shape index (κ1) is 30.4. The minimum Gasteiger partial charge on any atom is -0.504 e. The van der Waals surface area contributed by atoms with Gasteiger partial charge in [-0.3, -0.25) is 4.79 Å². The molecule has 1 aliphatic rings. The van der Waals surface area contributed by atoms with E-state index >= 15 is 0 Å². The average Bonchev–Trinajstić information content (AvgIpc) is 3.00. The third-order valence-electron chi connectivity index (χ3n) is 7.72. The average molecular weight is 581 g/mol. The molecule has 4 atom stereocenters. The summed E-state index contributed by atoms with van der Waals surface area (Å²) in [6.07, 6.45) is -1.79. The molecule has 0 fully saturated rings. The maximum Gasteiger partial charge on any atom is 0.338 e. The van der Waals surface area contributed by atoms with Gasteiger partial charge in [-0.25, -0.2) is 4.79 Å². The largest absolute Gasteiger partial charge is 0.504 e. The van der Waals surface area contributed by atoms with E-state index in [4.69, 9.17) is 33.2 Å². The van der Waals surface area contributed by atoms with Crippen LogP contribution in [0.3, 0.4) is 0 Å². The van der Waals surface area contributed by atoms with Crippen molar-refractivity contribution in [3.05, 3.63) is 59.2 Å². The first-order valence-corrected chi connectivity index (χ1v) is 13.4. The van der Waals surface area contributed by atoms with E-state index in [1.165, 1.54) is 42.5 Å². The number of carbonyl (C=O) groups excluding carboxylic acids is 2. The Morgan fingerprint density at radius 2 is 1.17 bits per heavy atom. The summed E-state index contributed by atoms with van der Waals surface area (Å²) in [6, 6.07) is 12.0. The number of carbonyl (C=O) groups is 2. The molecule has 3 aromatic rings. The number of phenols is 1. The molecule has 0 aliphatic heterocycles. The van der Waals surface area contributed by atoms with Crippen LogP contribution in [-0.4, -0.2) is 52.6 Å². The minimum absolute atomic E-state index is 0.0532. The van der Waals surface area contributed by atoms with Crippen molar-refractivity contribution in [1.82, 2.24) is 0 Å². The predicted octanol–water partition coefficient (Wildman–Crippen LogP) is 5.89. The summed E-state index contributed by atoms with van der Waals surface area (Å²) < 4.78 is 40.5.